The molecule has 2 atom stereocenters. The minimum Gasteiger partial charge on any atom is -0.490 e. The number of hydrogen-bond donors (Lipinski definition) is 1. The molecule has 0 amide bonds. The van der Waals surface area contributed by atoms with E-state index in [1.165, 1.54) is 0 Å². The van der Waals surface area contributed by atoms with Crippen molar-refractivity contribution in [3.63, 3.8) is 0 Å². The number of aliphatic carboxylic acids is 1. The van der Waals surface area contributed by atoms with E-state index in [1.54, 1.807) is 19.1 Å². The molecule has 20 heavy (non-hydrogen) atoms. The molecule has 0 radical (unpaired) electrons. The highest BCUT2D eigenvalue weighted by atomic mass is 32.2. The van der Waals surface area contributed by atoms with Crippen LogP contribution in [-0.2, 0) is 15.6 Å². The first-order chi connectivity index (χ1) is 9.60. The van der Waals surface area contributed by atoms with Gasteiger partial charge in [-0.1, -0.05) is 19.1 Å². The van der Waals surface area contributed by atoms with E-state index in [9.17, 15) is 9.00 Å². The van der Waals surface area contributed by atoms with E-state index in [-0.39, 0.29) is 12.4 Å². The lowest BCUT2D eigenvalue weighted by molar-refractivity contribution is -0.136. The maximum absolute atomic E-state index is 11.8. The van der Waals surface area contributed by atoms with E-state index in [4.69, 9.17) is 14.6 Å². The first-order valence-corrected chi connectivity index (χ1v) is 7.92. The van der Waals surface area contributed by atoms with Gasteiger partial charge >= 0.3 is 5.97 Å². The third-order valence-electron chi connectivity index (χ3n) is 2.65. The van der Waals surface area contributed by atoms with Crippen molar-refractivity contribution in [1.29, 1.82) is 0 Å². The number of carboxylic acid groups (broad SMARTS) is 1. The lowest BCUT2D eigenvalue weighted by Gasteiger charge is -2.13. The van der Waals surface area contributed by atoms with E-state index in [1.807, 2.05) is 19.1 Å². The summed E-state index contributed by atoms with van der Waals surface area (Å²) in [7, 11) is -1.44. The maximum atomic E-state index is 11.8. The van der Waals surface area contributed by atoms with E-state index >= 15 is 0 Å². The SMILES string of the molecule is CCOc1ccccc1OCCS(=O)C(CC)C(=O)O. The van der Waals surface area contributed by atoms with Gasteiger partial charge in [0.25, 0.3) is 0 Å². The van der Waals surface area contributed by atoms with Crippen molar-refractivity contribution in [3.05, 3.63) is 24.3 Å². The van der Waals surface area contributed by atoms with Crippen molar-refractivity contribution < 1.29 is 23.6 Å². The van der Waals surface area contributed by atoms with Gasteiger partial charge in [-0.2, -0.15) is 0 Å². The Balaban J connectivity index is 2.52. The molecule has 5 nitrogen and oxygen atoms in total. The molecule has 1 aromatic rings. The van der Waals surface area contributed by atoms with Crippen LogP contribution < -0.4 is 9.47 Å². The van der Waals surface area contributed by atoms with Gasteiger partial charge in [-0.15, -0.1) is 0 Å². The van der Waals surface area contributed by atoms with E-state index in [0.29, 0.717) is 24.5 Å². The summed E-state index contributed by atoms with van der Waals surface area (Å²) in [5.41, 5.74) is 0. The fraction of sp³-hybridized carbons (Fsp3) is 0.500. The number of rotatable bonds is 9. The summed E-state index contributed by atoms with van der Waals surface area (Å²) in [5.74, 6) is 0.368. The molecule has 1 aromatic carbocycles. The van der Waals surface area contributed by atoms with Crippen molar-refractivity contribution >= 4 is 16.8 Å². The van der Waals surface area contributed by atoms with Crippen LogP contribution >= 0.6 is 0 Å². The molecule has 1 rings (SSSR count). The Bertz CT molecular complexity index is 461. The Morgan fingerprint density at radius 3 is 2.35 bits per heavy atom. The fourth-order valence-corrected chi connectivity index (χ4v) is 2.82. The van der Waals surface area contributed by atoms with Crippen LogP contribution in [0.5, 0.6) is 11.5 Å². The first-order valence-electron chi connectivity index (χ1n) is 6.54. The monoisotopic (exact) mass is 300 g/mol. The van der Waals surface area contributed by atoms with Crippen LogP contribution in [0.25, 0.3) is 0 Å². The Morgan fingerprint density at radius 2 is 1.85 bits per heavy atom. The highest BCUT2D eigenvalue weighted by Gasteiger charge is 2.22. The van der Waals surface area contributed by atoms with Crippen molar-refractivity contribution in [2.45, 2.75) is 25.5 Å². The topological polar surface area (TPSA) is 72.8 Å². The predicted octanol–water partition coefficient (Wildman–Crippen LogP) is 2.08. The minimum atomic E-state index is -1.44. The second-order valence-corrected chi connectivity index (χ2v) is 5.79. The zero-order valence-electron chi connectivity index (χ0n) is 11.7. The average molecular weight is 300 g/mol. The molecule has 112 valence electrons. The lowest BCUT2D eigenvalue weighted by Crippen LogP contribution is -2.28. The van der Waals surface area contributed by atoms with Crippen LogP contribution in [0.1, 0.15) is 20.3 Å². The van der Waals surface area contributed by atoms with Crippen molar-refractivity contribution in [1.82, 2.24) is 0 Å². The third kappa shape index (κ3) is 4.85. The van der Waals surface area contributed by atoms with E-state index in [0.717, 1.165) is 0 Å². The van der Waals surface area contributed by atoms with Crippen LogP contribution in [-0.4, -0.2) is 39.5 Å². The summed E-state index contributed by atoms with van der Waals surface area (Å²) in [6, 6.07) is 7.22. The highest BCUT2D eigenvalue weighted by Crippen LogP contribution is 2.26. The molecule has 0 aliphatic carbocycles. The number of carbonyl (C=O) groups is 1. The first kappa shape index (κ1) is 16.5. The van der Waals surface area contributed by atoms with Gasteiger partial charge in [0, 0.05) is 10.8 Å². The summed E-state index contributed by atoms with van der Waals surface area (Å²) in [6.07, 6.45) is 0.345. The standard InChI is InChI=1S/C14H20O5S/c1-3-13(14(15)16)20(17)10-9-19-12-8-6-5-7-11(12)18-4-2/h5-8,13H,3-4,9-10H2,1-2H3,(H,15,16). The highest BCUT2D eigenvalue weighted by molar-refractivity contribution is 7.86. The van der Waals surface area contributed by atoms with Gasteiger partial charge < -0.3 is 14.6 Å². The average Bonchev–Trinajstić information content (AvgIpc) is 2.41. The largest absolute Gasteiger partial charge is 0.490 e. The summed E-state index contributed by atoms with van der Waals surface area (Å²) in [4.78, 5) is 10.9. The van der Waals surface area contributed by atoms with Gasteiger partial charge in [-0.3, -0.25) is 9.00 Å². The summed E-state index contributed by atoms with van der Waals surface area (Å²) in [6.45, 7) is 4.32. The van der Waals surface area contributed by atoms with Gasteiger partial charge in [-0.05, 0) is 25.5 Å². The Kier molecular flexibility index (Phi) is 7.08. The van der Waals surface area contributed by atoms with Crippen molar-refractivity contribution in [2.75, 3.05) is 19.0 Å². The van der Waals surface area contributed by atoms with Gasteiger partial charge in [0.2, 0.25) is 0 Å². The molecule has 0 saturated heterocycles. The summed E-state index contributed by atoms with van der Waals surface area (Å²) >= 11 is 0. The molecule has 0 bridgehead atoms. The normalized spacial score (nSPS) is 13.5. The smallest absolute Gasteiger partial charge is 0.319 e. The van der Waals surface area contributed by atoms with E-state index < -0.39 is 22.0 Å². The number of para-hydroxylation sites is 2. The maximum Gasteiger partial charge on any atom is 0.319 e. The molecule has 0 fully saturated rings. The van der Waals surface area contributed by atoms with Gasteiger partial charge in [-0.25, -0.2) is 0 Å². The number of hydrogen-bond acceptors (Lipinski definition) is 4. The lowest BCUT2D eigenvalue weighted by atomic mass is 10.3. The zero-order chi connectivity index (χ0) is 15.0. The van der Waals surface area contributed by atoms with Crippen LogP contribution in [0, 0.1) is 0 Å². The molecule has 0 aliphatic heterocycles. The van der Waals surface area contributed by atoms with Crippen LogP contribution in [0.3, 0.4) is 0 Å². The van der Waals surface area contributed by atoms with Gasteiger partial charge in [0.05, 0.1) is 19.0 Å². The Morgan fingerprint density at radius 1 is 1.25 bits per heavy atom. The van der Waals surface area contributed by atoms with Gasteiger partial charge in [0.1, 0.15) is 5.25 Å². The predicted molar refractivity (Wildman–Crippen MR) is 77.8 cm³/mol. The Hall–Kier alpha value is -1.56. The molecule has 0 saturated carbocycles. The van der Waals surface area contributed by atoms with Crippen LogP contribution in [0.4, 0.5) is 0 Å². The molecule has 0 spiro atoms. The molecule has 0 aliphatic rings. The molecule has 6 heteroatoms. The molecular weight excluding hydrogens is 280 g/mol. The van der Waals surface area contributed by atoms with Crippen LogP contribution in [0.2, 0.25) is 0 Å². The third-order valence-corrected chi connectivity index (χ3v) is 4.39. The number of benzene rings is 1. The van der Waals surface area contributed by atoms with Crippen molar-refractivity contribution in [3.8, 4) is 11.5 Å². The van der Waals surface area contributed by atoms with E-state index in [2.05, 4.69) is 0 Å². The van der Waals surface area contributed by atoms with Gasteiger partial charge in [0.15, 0.2) is 11.5 Å². The molecular formula is C14H20O5S. The second-order valence-electron chi connectivity index (χ2n) is 4.05. The molecule has 1 N–H and O–H groups in total. The summed E-state index contributed by atoms with van der Waals surface area (Å²) in [5, 5.41) is 8.09. The molecule has 2 unspecified atom stereocenters. The zero-order valence-corrected chi connectivity index (χ0v) is 12.5. The fourth-order valence-electron chi connectivity index (χ4n) is 1.69. The van der Waals surface area contributed by atoms with Crippen molar-refractivity contribution in [2.24, 2.45) is 0 Å². The minimum absolute atomic E-state index is 0.186. The molecule has 0 heterocycles. The Labute approximate surface area is 121 Å². The van der Waals surface area contributed by atoms with Crippen LogP contribution in [0.15, 0.2) is 24.3 Å². The molecule has 0 aromatic heterocycles. The number of ether oxygens (including phenoxy) is 2. The summed E-state index contributed by atoms with van der Waals surface area (Å²) < 4.78 is 22.8. The second kappa shape index (κ2) is 8.58. The number of carboxylic acids is 1. The quantitative estimate of drug-likeness (QED) is 0.756.